The average molecular weight is 375 g/mol. The number of nitrogens with one attached hydrogen (secondary N) is 1. The van der Waals surface area contributed by atoms with Crippen LogP contribution in [0.2, 0.25) is 5.02 Å². The van der Waals surface area contributed by atoms with Gasteiger partial charge in [0.25, 0.3) is 0 Å². The molecule has 0 saturated carbocycles. The molecular weight excluding hydrogens is 348 g/mol. The molecule has 0 unspecified atom stereocenters. The van der Waals surface area contributed by atoms with Crippen molar-refractivity contribution < 1.29 is 13.2 Å². The van der Waals surface area contributed by atoms with Gasteiger partial charge >= 0.3 is 0 Å². The molecule has 5 nitrogen and oxygen atoms in total. The number of amides is 1. The minimum absolute atomic E-state index is 0.000719. The molecule has 0 heterocycles. The van der Waals surface area contributed by atoms with Crippen molar-refractivity contribution in [1.29, 1.82) is 0 Å². The van der Waals surface area contributed by atoms with Crippen LogP contribution in [0.3, 0.4) is 0 Å². The molecule has 1 aromatic rings. The minimum atomic E-state index is -3.54. The highest BCUT2D eigenvalue weighted by Crippen LogP contribution is 2.18. The van der Waals surface area contributed by atoms with Crippen molar-refractivity contribution in [3.63, 3.8) is 0 Å². The van der Waals surface area contributed by atoms with Crippen molar-refractivity contribution in [2.45, 2.75) is 40.3 Å². The van der Waals surface area contributed by atoms with Gasteiger partial charge in [0.1, 0.15) is 0 Å². The predicted octanol–water partition coefficient (Wildman–Crippen LogP) is 2.90. The highest BCUT2D eigenvalue weighted by atomic mass is 35.5. The Morgan fingerprint density at radius 2 is 1.71 bits per heavy atom. The number of benzene rings is 1. The molecule has 1 rings (SSSR count). The average Bonchev–Trinajstić information content (AvgIpc) is 2.44. The van der Waals surface area contributed by atoms with E-state index >= 15 is 0 Å². The molecular formula is C17H27ClN2O3S. The van der Waals surface area contributed by atoms with Crippen LogP contribution in [0, 0.1) is 11.8 Å². The van der Waals surface area contributed by atoms with Gasteiger partial charge in [-0.15, -0.1) is 0 Å². The van der Waals surface area contributed by atoms with Gasteiger partial charge in [-0.3, -0.25) is 4.79 Å². The zero-order valence-corrected chi connectivity index (χ0v) is 16.5. The van der Waals surface area contributed by atoms with E-state index < -0.39 is 10.0 Å². The summed E-state index contributed by atoms with van der Waals surface area (Å²) < 4.78 is 25.2. The van der Waals surface area contributed by atoms with E-state index in [4.69, 9.17) is 11.6 Å². The topological polar surface area (TPSA) is 66.5 Å². The summed E-state index contributed by atoms with van der Waals surface area (Å²) in [5, 5.41) is 3.42. The Kier molecular flexibility index (Phi) is 7.70. The lowest BCUT2D eigenvalue weighted by Gasteiger charge is -2.27. The van der Waals surface area contributed by atoms with Crippen LogP contribution in [0.25, 0.3) is 0 Å². The lowest BCUT2D eigenvalue weighted by molar-refractivity contribution is -0.122. The lowest BCUT2D eigenvalue weighted by Crippen LogP contribution is -2.47. The van der Waals surface area contributed by atoms with Crippen LogP contribution in [0.1, 0.15) is 33.3 Å². The first kappa shape index (κ1) is 20.9. The normalized spacial score (nSPS) is 12.4. The summed E-state index contributed by atoms with van der Waals surface area (Å²) in [6.07, 6.45) is 1.10. The van der Waals surface area contributed by atoms with Gasteiger partial charge in [0.2, 0.25) is 15.9 Å². The number of halogens is 1. The molecule has 0 fully saturated rings. The van der Waals surface area contributed by atoms with Gasteiger partial charge in [-0.05, 0) is 23.5 Å². The van der Waals surface area contributed by atoms with Gasteiger partial charge in [0.05, 0.1) is 12.8 Å². The quantitative estimate of drug-likeness (QED) is 0.760. The number of hydrogen-bond acceptors (Lipinski definition) is 3. The van der Waals surface area contributed by atoms with Crippen molar-refractivity contribution in [3.05, 3.63) is 34.9 Å². The van der Waals surface area contributed by atoms with Gasteiger partial charge in [-0.2, -0.15) is 4.31 Å². The highest BCUT2D eigenvalue weighted by molar-refractivity contribution is 7.88. The standard InChI is InChI=1S/C17H27ClN2O3S/c1-12(2)17(13(3)4)19-16(21)11-20(24(5,22)23)10-14-8-6-7-9-15(14)18/h6-9,12-13,17H,10-11H2,1-5H3,(H,19,21). The van der Waals surface area contributed by atoms with Crippen molar-refractivity contribution >= 4 is 27.5 Å². The predicted molar refractivity (Wildman–Crippen MR) is 98.3 cm³/mol. The SMILES string of the molecule is CC(C)C(NC(=O)CN(Cc1ccccc1Cl)S(C)(=O)=O)C(C)C. The van der Waals surface area contributed by atoms with E-state index in [0.717, 1.165) is 10.6 Å². The summed E-state index contributed by atoms with van der Waals surface area (Å²) in [5.74, 6) is 0.230. The highest BCUT2D eigenvalue weighted by Gasteiger charge is 2.25. The number of sulfonamides is 1. The molecule has 24 heavy (non-hydrogen) atoms. The maximum Gasteiger partial charge on any atom is 0.235 e. The van der Waals surface area contributed by atoms with Crippen molar-refractivity contribution in [2.75, 3.05) is 12.8 Å². The monoisotopic (exact) mass is 374 g/mol. The Morgan fingerprint density at radius 1 is 1.17 bits per heavy atom. The molecule has 136 valence electrons. The zero-order chi connectivity index (χ0) is 18.5. The Morgan fingerprint density at radius 3 is 2.17 bits per heavy atom. The molecule has 1 amide bonds. The summed E-state index contributed by atoms with van der Waals surface area (Å²) in [7, 11) is -3.54. The second kappa shape index (κ2) is 8.83. The van der Waals surface area contributed by atoms with Crippen molar-refractivity contribution in [1.82, 2.24) is 9.62 Å². The third-order valence-electron chi connectivity index (χ3n) is 3.86. The molecule has 1 N–H and O–H groups in total. The number of carbonyl (C=O) groups is 1. The molecule has 0 aliphatic carbocycles. The van der Waals surface area contributed by atoms with Crippen LogP contribution in [0.4, 0.5) is 0 Å². The number of hydrogen-bond donors (Lipinski definition) is 1. The first-order valence-electron chi connectivity index (χ1n) is 8.00. The Balaban J connectivity index is 2.88. The Labute approximate surface area is 150 Å². The molecule has 0 saturated heterocycles. The minimum Gasteiger partial charge on any atom is -0.352 e. The summed E-state index contributed by atoms with van der Waals surface area (Å²) >= 11 is 6.10. The van der Waals surface area contributed by atoms with Gasteiger partial charge in [-0.25, -0.2) is 8.42 Å². The molecule has 7 heteroatoms. The van der Waals surface area contributed by atoms with E-state index in [2.05, 4.69) is 5.32 Å². The second-order valence-electron chi connectivity index (χ2n) is 6.70. The van der Waals surface area contributed by atoms with Crippen LogP contribution in [0.15, 0.2) is 24.3 Å². The first-order valence-corrected chi connectivity index (χ1v) is 10.2. The maximum atomic E-state index is 12.3. The largest absolute Gasteiger partial charge is 0.352 e. The van der Waals surface area contributed by atoms with E-state index in [-0.39, 0.29) is 36.9 Å². The van der Waals surface area contributed by atoms with E-state index in [0.29, 0.717) is 10.6 Å². The fourth-order valence-electron chi connectivity index (χ4n) is 2.60. The second-order valence-corrected chi connectivity index (χ2v) is 9.09. The summed E-state index contributed by atoms with van der Waals surface area (Å²) in [5.41, 5.74) is 0.668. The molecule has 0 bridgehead atoms. The van der Waals surface area contributed by atoms with Crippen molar-refractivity contribution in [3.8, 4) is 0 Å². The van der Waals surface area contributed by atoms with E-state index in [1.165, 1.54) is 0 Å². The number of carbonyl (C=O) groups excluding carboxylic acids is 1. The van der Waals surface area contributed by atoms with Gasteiger partial charge in [0, 0.05) is 17.6 Å². The fourth-order valence-corrected chi connectivity index (χ4v) is 3.52. The zero-order valence-electron chi connectivity index (χ0n) is 14.9. The summed E-state index contributed by atoms with van der Waals surface area (Å²) in [4.78, 5) is 12.3. The first-order chi connectivity index (χ1) is 11.0. The van der Waals surface area contributed by atoms with E-state index in [1.54, 1.807) is 24.3 Å². The third kappa shape index (κ3) is 6.42. The van der Waals surface area contributed by atoms with Crippen LogP contribution in [0.5, 0.6) is 0 Å². The van der Waals surface area contributed by atoms with Crippen LogP contribution in [-0.2, 0) is 21.4 Å². The molecule has 0 aliphatic heterocycles. The Hall–Kier alpha value is -1.11. The molecule has 0 aliphatic rings. The van der Waals surface area contributed by atoms with Crippen molar-refractivity contribution in [2.24, 2.45) is 11.8 Å². The number of nitrogens with zero attached hydrogens (tertiary/aromatic N) is 1. The third-order valence-corrected chi connectivity index (χ3v) is 5.42. The van der Waals surface area contributed by atoms with Gasteiger partial charge < -0.3 is 5.32 Å². The maximum absolute atomic E-state index is 12.3. The van der Waals surface area contributed by atoms with E-state index in [9.17, 15) is 13.2 Å². The van der Waals surface area contributed by atoms with E-state index in [1.807, 2.05) is 27.7 Å². The Bertz CT molecular complexity index is 652. The molecule has 0 atom stereocenters. The smallest absolute Gasteiger partial charge is 0.235 e. The summed E-state index contributed by atoms with van der Waals surface area (Å²) in [6.45, 7) is 7.97. The molecule has 0 radical (unpaired) electrons. The fraction of sp³-hybridized carbons (Fsp3) is 0.588. The molecule has 0 spiro atoms. The van der Waals surface area contributed by atoms with Crippen LogP contribution >= 0.6 is 11.6 Å². The van der Waals surface area contributed by atoms with Crippen LogP contribution < -0.4 is 5.32 Å². The van der Waals surface area contributed by atoms with Gasteiger partial charge in [0.15, 0.2) is 0 Å². The molecule has 1 aromatic carbocycles. The van der Waals surface area contributed by atoms with Crippen LogP contribution in [-0.4, -0.2) is 37.5 Å². The lowest BCUT2D eigenvalue weighted by atomic mass is 9.93. The number of rotatable bonds is 8. The summed E-state index contributed by atoms with van der Waals surface area (Å²) in [6, 6.07) is 7.02. The molecule has 0 aromatic heterocycles. The van der Waals surface area contributed by atoms with Gasteiger partial charge in [-0.1, -0.05) is 57.5 Å².